The minimum absolute atomic E-state index is 0.110. The summed E-state index contributed by atoms with van der Waals surface area (Å²) >= 11 is 7.59. The molecule has 1 amide bonds. The Morgan fingerprint density at radius 1 is 1.45 bits per heavy atom. The predicted molar refractivity (Wildman–Crippen MR) is 85.6 cm³/mol. The Labute approximate surface area is 130 Å². The number of carbonyl (C=O) groups is 1. The highest BCUT2D eigenvalue weighted by Crippen LogP contribution is 2.25. The van der Waals surface area contributed by atoms with E-state index in [1.54, 1.807) is 30.8 Å². The van der Waals surface area contributed by atoms with Gasteiger partial charge in [0.1, 0.15) is 0 Å². The molecule has 0 aliphatic rings. The number of thioether (sulfide) groups is 1. The van der Waals surface area contributed by atoms with E-state index >= 15 is 0 Å². The van der Waals surface area contributed by atoms with Crippen LogP contribution in [0.5, 0.6) is 0 Å². The molecule has 0 bridgehead atoms. The molecule has 0 aliphatic carbocycles. The maximum Gasteiger partial charge on any atom is 0.252 e. The number of nitrogens with one attached hydrogen (secondary N) is 1. The van der Waals surface area contributed by atoms with Gasteiger partial charge in [0.05, 0.1) is 11.7 Å². The van der Waals surface area contributed by atoms with Gasteiger partial charge in [0.15, 0.2) is 0 Å². The Kier molecular flexibility index (Phi) is 7.41. The third-order valence-electron chi connectivity index (χ3n) is 2.84. The van der Waals surface area contributed by atoms with Crippen molar-refractivity contribution in [2.24, 2.45) is 5.92 Å². The maximum absolute atomic E-state index is 12.2. The zero-order valence-corrected chi connectivity index (χ0v) is 13.7. The Bertz CT molecular complexity index is 451. The highest BCUT2D eigenvalue weighted by Gasteiger charge is 2.14. The number of hydrogen-bond acceptors (Lipinski definition) is 3. The first-order valence-corrected chi connectivity index (χ1v) is 8.19. The molecule has 0 unspecified atom stereocenters. The van der Waals surface area contributed by atoms with Crippen LogP contribution in [0, 0.1) is 5.92 Å². The van der Waals surface area contributed by atoms with Crippen molar-refractivity contribution >= 4 is 29.3 Å². The van der Waals surface area contributed by atoms with E-state index in [1.165, 1.54) is 0 Å². The minimum Gasteiger partial charge on any atom is -0.393 e. The van der Waals surface area contributed by atoms with Crippen LogP contribution in [0.2, 0.25) is 5.02 Å². The largest absolute Gasteiger partial charge is 0.393 e. The number of rotatable bonds is 7. The lowest BCUT2D eigenvalue weighted by Gasteiger charge is -2.15. The summed E-state index contributed by atoms with van der Waals surface area (Å²) in [7, 11) is 0. The van der Waals surface area contributed by atoms with Gasteiger partial charge in [-0.15, -0.1) is 11.8 Å². The maximum atomic E-state index is 12.2. The average molecular weight is 316 g/mol. The minimum atomic E-state index is -0.348. The molecule has 0 saturated heterocycles. The lowest BCUT2D eigenvalue weighted by atomic mass is 10.0. The molecule has 112 valence electrons. The molecule has 0 radical (unpaired) electrons. The van der Waals surface area contributed by atoms with Crippen LogP contribution >= 0.6 is 23.4 Å². The van der Waals surface area contributed by atoms with Gasteiger partial charge in [-0.05, 0) is 43.2 Å². The first-order chi connectivity index (χ1) is 9.43. The molecule has 0 aliphatic heterocycles. The summed E-state index contributed by atoms with van der Waals surface area (Å²) in [5.41, 5.74) is 0.619. The monoisotopic (exact) mass is 315 g/mol. The standard InChI is InChI=1S/C15H22ClNO2S/c1-4-20-14-6-5-12(16)8-13(14)15(19)17-9-10(2)7-11(3)18/h5-6,8,10-11,18H,4,7,9H2,1-3H3,(H,17,19)/t10-,11+/m0/s1. The molecule has 0 aromatic heterocycles. The Morgan fingerprint density at radius 2 is 2.15 bits per heavy atom. The van der Waals surface area contributed by atoms with Crippen molar-refractivity contribution in [3.05, 3.63) is 28.8 Å². The van der Waals surface area contributed by atoms with E-state index in [-0.39, 0.29) is 17.9 Å². The molecule has 5 heteroatoms. The van der Waals surface area contributed by atoms with Gasteiger partial charge in [-0.2, -0.15) is 0 Å². The second-order valence-electron chi connectivity index (χ2n) is 4.97. The van der Waals surface area contributed by atoms with Crippen molar-refractivity contribution < 1.29 is 9.90 Å². The number of halogens is 1. The van der Waals surface area contributed by atoms with Gasteiger partial charge in [-0.1, -0.05) is 25.4 Å². The van der Waals surface area contributed by atoms with Crippen molar-refractivity contribution in [1.82, 2.24) is 5.32 Å². The van der Waals surface area contributed by atoms with Crippen LogP contribution in [-0.4, -0.2) is 29.4 Å². The van der Waals surface area contributed by atoms with E-state index in [4.69, 9.17) is 11.6 Å². The summed E-state index contributed by atoms with van der Waals surface area (Å²) in [6, 6.07) is 5.38. The van der Waals surface area contributed by atoms with Crippen LogP contribution in [0.3, 0.4) is 0 Å². The molecular weight excluding hydrogens is 294 g/mol. The highest BCUT2D eigenvalue weighted by molar-refractivity contribution is 7.99. The number of benzene rings is 1. The number of aliphatic hydroxyl groups is 1. The van der Waals surface area contributed by atoms with Crippen LogP contribution in [-0.2, 0) is 0 Å². The quantitative estimate of drug-likeness (QED) is 0.756. The Hall–Kier alpha value is -0.710. The van der Waals surface area contributed by atoms with Gasteiger partial charge in [-0.25, -0.2) is 0 Å². The van der Waals surface area contributed by atoms with E-state index < -0.39 is 0 Å². The van der Waals surface area contributed by atoms with Gasteiger partial charge >= 0.3 is 0 Å². The third kappa shape index (κ3) is 5.73. The average Bonchev–Trinajstić information content (AvgIpc) is 2.37. The fourth-order valence-electron chi connectivity index (χ4n) is 1.99. The van der Waals surface area contributed by atoms with E-state index in [0.717, 1.165) is 10.6 Å². The summed E-state index contributed by atoms with van der Waals surface area (Å²) < 4.78 is 0. The lowest BCUT2D eigenvalue weighted by molar-refractivity contribution is 0.0936. The smallest absolute Gasteiger partial charge is 0.252 e. The zero-order chi connectivity index (χ0) is 15.1. The van der Waals surface area contributed by atoms with E-state index in [2.05, 4.69) is 5.32 Å². The Morgan fingerprint density at radius 3 is 2.75 bits per heavy atom. The van der Waals surface area contributed by atoms with Crippen LogP contribution in [0.4, 0.5) is 0 Å². The van der Waals surface area contributed by atoms with Crippen molar-refractivity contribution in [3.63, 3.8) is 0 Å². The van der Waals surface area contributed by atoms with E-state index in [9.17, 15) is 9.90 Å². The summed E-state index contributed by atoms with van der Waals surface area (Å²) in [5, 5.41) is 12.8. The molecule has 0 fully saturated rings. The van der Waals surface area contributed by atoms with E-state index in [1.807, 2.05) is 19.9 Å². The number of carbonyl (C=O) groups excluding carboxylic acids is 1. The number of aliphatic hydroxyl groups excluding tert-OH is 1. The normalized spacial score (nSPS) is 13.8. The molecule has 0 saturated carbocycles. The SMILES string of the molecule is CCSc1ccc(Cl)cc1C(=O)NC[C@@H](C)C[C@@H](C)O. The van der Waals surface area contributed by atoms with Crippen molar-refractivity contribution in [3.8, 4) is 0 Å². The Balaban J connectivity index is 2.69. The molecule has 1 aromatic rings. The van der Waals surface area contributed by atoms with Gasteiger partial charge in [0.2, 0.25) is 0 Å². The first kappa shape index (κ1) is 17.3. The van der Waals surface area contributed by atoms with E-state index in [0.29, 0.717) is 23.6 Å². The van der Waals surface area contributed by atoms with Crippen molar-refractivity contribution in [2.45, 2.75) is 38.2 Å². The van der Waals surface area contributed by atoms with Crippen LogP contribution in [0.25, 0.3) is 0 Å². The molecule has 0 heterocycles. The van der Waals surface area contributed by atoms with Gasteiger partial charge in [0.25, 0.3) is 5.91 Å². The van der Waals surface area contributed by atoms with Crippen molar-refractivity contribution in [1.29, 1.82) is 0 Å². The highest BCUT2D eigenvalue weighted by atomic mass is 35.5. The number of amides is 1. The second kappa shape index (κ2) is 8.55. The molecular formula is C15H22ClNO2S. The fraction of sp³-hybridized carbons (Fsp3) is 0.533. The van der Waals surface area contributed by atoms with Crippen LogP contribution in [0.1, 0.15) is 37.6 Å². The van der Waals surface area contributed by atoms with Gasteiger partial charge < -0.3 is 10.4 Å². The third-order valence-corrected chi connectivity index (χ3v) is 4.03. The summed E-state index contributed by atoms with van der Waals surface area (Å²) in [4.78, 5) is 13.2. The van der Waals surface area contributed by atoms with Crippen molar-refractivity contribution in [2.75, 3.05) is 12.3 Å². The number of hydrogen-bond donors (Lipinski definition) is 2. The molecule has 0 spiro atoms. The first-order valence-electron chi connectivity index (χ1n) is 6.82. The molecule has 3 nitrogen and oxygen atoms in total. The van der Waals surface area contributed by atoms with Gasteiger partial charge in [0, 0.05) is 16.5 Å². The molecule has 2 atom stereocenters. The summed E-state index contributed by atoms with van der Waals surface area (Å²) in [5.74, 6) is 1.03. The van der Waals surface area contributed by atoms with Crippen LogP contribution in [0.15, 0.2) is 23.1 Å². The zero-order valence-electron chi connectivity index (χ0n) is 12.1. The van der Waals surface area contributed by atoms with Gasteiger partial charge in [-0.3, -0.25) is 4.79 Å². The summed E-state index contributed by atoms with van der Waals surface area (Å²) in [6.07, 6.45) is 0.325. The lowest BCUT2D eigenvalue weighted by Crippen LogP contribution is -2.29. The second-order valence-corrected chi connectivity index (χ2v) is 6.72. The summed E-state index contributed by atoms with van der Waals surface area (Å²) in [6.45, 7) is 6.36. The fourth-order valence-corrected chi connectivity index (χ4v) is 2.94. The molecule has 1 rings (SSSR count). The topological polar surface area (TPSA) is 49.3 Å². The van der Waals surface area contributed by atoms with Crippen LogP contribution < -0.4 is 5.32 Å². The predicted octanol–water partition coefficient (Wildman–Crippen LogP) is 3.59. The molecule has 1 aromatic carbocycles. The molecule has 2 N–H and O–H groups in total. The molecule has 20 heavy (non-hydrogen) atoms.